The molecule has 0 bridgehead atoms. The molecular formula is C16H17ClN2O2. The molecule has 2 rings (SSSR count). The second-order valence-electron chi connectivity index (χ2n) is 4.99. The van der Waals surface area contributed by atoms with Gasteiger partial charge in [0.15, 0.2) is 0 Å². The number of halogens is 1. The highest BCUT2D eigenvalue weighted by atomic mass is 35.5. The minimum Gasteiger partial charge on any atom is -0.507 e. The fourth-order valence-electron chi connectivity index (χ4n) is 2.18. The van der Waals surface area contributed by atoms with Crippen LogP contribution in [0.2, 0.25) is 5.02 Å². The van der Waals surface area contributed by atoms with Gasteiger partial charge >= 0.3 is 0 Å². The van der Waals surface area contributed by atoms with Gasteiger partial charge in [-0.15, -0.1) is 0 Å². The summed E-state index contributed by atoms with van der Waals surface area (Å²) in [4.78, 5) is 11.1. The zero-order valence-corrected chi connectivity index (χ0v) is 12.7. The summed E-state index contributed by atoms with van der Waals surface area (Å²) in [5.41, 5.74) is 9.05. The third kappa shape index (κ3) is 3.47. The van der Waals surface area contributed by atoms with Gasteiger partial charge in [-0.1, -0.05) is 23.7 Å². The number of hydrogen-bond donors (Lipinski definition) is 3. The maximum Gasteiger partial charge on any atom is 0.250 e. The van der Waals surface area contributed by atoms with E-state index in [1.807, 2.05) is 26.0 Å². The summed E-state index contributed by atoms with van der Waals surface area (Å²) < 4.78 is 0. The van der Waals surface area contributed by atoms with Crippen molar-refractivity contribution in [2.45, 2.75) is 20.4 Å². The minimum absolute atomic E-state index is 0.304. The number of aryl methyl sites for hydroxylation is 2. The van der Waals surface area contributed by atoms with Gasteiger partial charge in [-0.05, 0) is 48.7 Å². The molecule has 5 heteroatoms. The van der Waals surface area contributed by atoms with E-state index in [9.17, 15) is 9.90 Å². The van der Waals surface area contributed by atoms with E-state index in [1.165, 1.54) is 0 Å². The highest BCUT2D eigenvalue weighted by molar-refractivity contribution is 6.34. The summed E-state index contributed by atoms with van der Waals surface area (Å²) in [6.07, 6.45) is 0. The van der Waals surface area contributed by atoms with Gasteiger partial charge in [0.25, 0.3) is 0 Å². The Morgan fingerprint density at radius 3 is 2.38 bits per heavy atom. The fraction of sp³-hybridized carbons (Fsp3) is 0.188. The number of carbonyl (C=O) groups excluding carboxylic acids is 1. The van der Waals surface area contributed by atoms with Crippen molar-refractivity contribution in [3.8, 4) is 5.75 Å². The Balaban J connectivity index is 2.13. The number of anilines is 1. The van der Waals surface area contributed by atoms with Crippen LogP contribution in [-0.2, 0) is 6.54 Å². The third-order valence-electron chi connectivity index (χ3n) is 3.28. The lowest BCUT2D eigenvalue weighted by atomic mass is 10.1. The van der Waals surface area contributed by atoms with Crippen LogP contribution in [0.15, 0.2) is 30.3 Å². The van der Waals surface area contributed by atoms with Gasteiger partial charge in [-0.3, -0.25) is 4.79 Å². The molecule has 0 saturated heterocycles. The zero-order chi connectivity index (χ0) is 15.6. The molecule has 0 radical (unpaired) electrons. The number of amides is 1. The van der Waals surface area contributed by atoms with E-state index in [4.69, 9.17) is 17.3 Å². The Morgan fingerprint density at radius 1 is 1.24 bits per heavy atom. The smallest absolute Gasteiger partial charge is 0.250 e. The SMILES string of the molecule is Cc1cc(CNc2ccc(C(N)=O)c(Cl)c2)cc(C)c1O. The second kappa shape index (κ2) is 6.06. The number of hydrogen-bond acceptors (Lipinski definition) is 3. The van der Waals surface area contributed by atoms with Crippen molar-refractivity contribution in [1.82, 2.24) is 0 Å². The number of nitrogens with two attached hydrogens (primary N) is 1. The van der Waals surface area contributed by atoms with Crippen LogP contribution >= 0.6 is 11.6 Å². The van der Waals surface area contributed by atoms with Gasteiger partial charge in [-0.25, -0.2) is 0 Å². The van der Waals surface area contributed by atoms with E-state index < -0.39 is 5.91 Å². The molecule has 0 unspecified atom stereocenters. The molecule has 0 saturated carbocycles. The molecule has 2 aromatic carbocycles. The van der Waals surface area contributed by atoms with Crippen LogP contribution in [0.3, 0.4) is 0 Å². The Kier molecular flexibility index (Phi) is 4.38. The Bertz CT molecular complexity index is 676. The topological polar surface area (TPSA) is 75.3 Å². The third-order valence-corrected chi connectivity index (χ3v) is 3.59. The summed E-state index contributed by atoms with van der Waals surface area (Å²) in [7, 11) is 0. The summed E-state index contributed by atoms with van der Waals surface area (Å²) in [5, 5.41) is 13.3. The molecule has 0 fully saturated rings. The van der Waals surface area contributed by atoms with Crippen LogP contribution < -0.4 is 11.1 Å². The summed E-state index contributed by atoms with van der Waals surface area (Å²) in [5.74, 6) is -0.219. The molecular weight excluding hydrogens is 288 g/mol. The van der Waals surface area contributed by atoms with Crippen molar-refractivity contribution in [1.29, 1.82) is 0 Å². The molecule has 21 heavy (non-hydrogen) atoms. The normalized spacial score (nSPS) is 10.4. The van der Waals surface area contributed by atoms with E-state index in [0.29, 0.717) is 22.9 Å². The number of phenolic OH excluding ortho intramolecular Hbond substituents is 1. The first-order valence-corrected chi connectivity index (χ1v) is 6.88. The first-order chi connectivity index (χ1) is 9.88. The molecule has 0 heterocycles. The van der Waals surface area contributed by atoms with E-state index in [0.717, 1.165) is 22.4 Å². The molecule has 1 amide bonds. The monoisotopic (exact) mass is 304 g/mol. The van der Waals surface area contributed by atoms with Gasteiger partial charge in [0.1, 0.15) is 5.75 Å². The molecule has 110 valence electrons. The molecule has 4 nitrogen and oxygen atoms in total. The second-order valence-corrected chi connectivity index (χ2v) is 5.40. The van der Waals surface area contributed by atoms with Crippen molar-refractivity contribution in [3.63, 3.8) is 0 Å². The number of benzene rings is 2. The molecule has 0 aromatic heterocycles. The van der Waals surface area contributed by atoms with Crippen molar-refractivity contribution < 1.29 is 9.90 Å². The standard InChI is InChI=1S/C16H17ClN2O2/c1-9-5-11(6-10(2)15(9)20)8-19-12-3-4-13(16(18)21)14(17)7-12/h3-7,19-20H,8H2,1-2H3,(H2,18,21). The Labute approximate surface area is 128 Å². The summed E-state index contributed by atoms with van der Waals surface area (Å²) in [6.45, 7) is 4.32. The molecule has 0 atom stereocenters. The largest absolute Gasteiger partial charge is 0.507 e. The van der Waals surface area contributed by atoms with E-state index >= 15 is 0 Å². The molecule has 0 spiro atoms. The summed E-state index contributed by atoms with van der Waals surface area (Å²) >= 11 is 6.00. The summed E-state index contributed by atoms with van der Waals surface area (Å²) in [6, 6.07) is 8.87. The lowest BCUT2D eigenvalue weighted by Gasteiger charge is -2.11. The Hall–Kier alpha value is -2.20. The van der Waals surface area contributed by atoms with Crippen LogP contribution in [-0.4, -0.2) is 11.0 Å². The van der Waals surface area contributed by atoms with Crippen molar-refractivity contribution in [2.75, 3.05) is 5.32 Å². The number of phenols is 1. The highest BCUT2D eigenvalue weighted by Crippen LogP contribution is 2.24. The molecule has 4 N–H and O–H groups in total. The first-order valence-electron chi connectivity index (χ1n) is 6.51. The molecule has 0 aliphatic heterocycles. The lowest BCUT2D eigenvalue weighted by molar-refractivity contribution is 0.100. The first kappa shape index (κ1) is 15.2. The van der Waals surface area contributed by atoms with Crippen molar-refractivity contribution >= 4 is 23.2 Å². The van der Waals surface area contributed by atoms with Crippen LogP contribution in [0.25, 0.3) is 0 Å². The molecule has 0 aliphatic rings. The predicted molar refractivity (Wildman–Crippen MR) is 84.9 cm³/mol. The van der Waals surface area contributed by atoms with Gasteiger partial charge in [0.05, 0.1) is 10.6 Å². The number of rotatable bonds is 4. The van der Waals surface area contributed by atoms with Gasteiger partial charge in [0.2, 0.25) is 5.91 Å². The van der Waals surface area contributed by atoms with Gasteiger partial charge in [0, 0.05) is 12.2 Å². The average molecular weight is 305 g/mol. The van der Waals surface area contributed by atoms with Crippen molar-refractivity contribution in [3.05, 3.63) is 57.6 Å². The maximum atomic E-state index is 11.1. The van der Waals surface area contributed by atoms with Crippen LogP contribution in [0.4, 0.5) is 5.69 Å². The highest BCUT2D eigenvalue weighted by Gasteiger charge is 2.07. The van der Waals surface area contributed by atoms with Crippen molar-refractivity contribution in [2.24, 2.45) is 5.73 Å². The number of primary amides is 1. The lowest BCUT2D eigenvalue weighted by Crippen LogP contribution is -2.11. The van der Waals surface area contributed by atoms with Crippen LogP contribution in [0.5, 0.6) is 5.75 Å². The zero-order valence-electron chi connectivity index (χ0n) is 11.9. The Morgan fingerprint density at radius 2 is 1.86 bits per heavy atom. The van der Waals surface area contributed by atoms with Gasteiger partial charge < -0.3 is 16.2 Å². The number of carbonyl (C=O) groups is 1. The fourth-order valence-corrected chi connectivity index (χ4v) is 2.45. The number of nitrogens with one attached hydrogen (secondary N) is 1. The predicted octanol–water partition coefficient (Wildman–Crippen LogP) is 3.37. The van der Waals surface area contributed by atoms with E-state index in [1.54, 1.807) is 18.2 Å². The van der Waals surface area contributed by atoms with E-state index in [-0.39, 0.29) is 0 Å². The maximum absolute atomic E-state index is 11.1. The van der Waals surface area contributed by atoms with Crippen LogP contribution in [0.1, 0.15) is 27.0 Å². The molecule has 0 aliphatic carbocycles. The quantitative estimate of drug-likeness (QED) is 0.810. The minimum atomic E-state index is -0.545. The molecule has 2 aromatic rings. The average Bonchev–Trinajstić information content (AvgIpc) is 2.42. The van der Waals surface area contributed by atoms with Gasteiger partial charge in [-0.2, -0.15) is 0 Å². The van der Waals surface area contributed by atoms with Crippen LogP contribution in [0, 0.1) is 13.8 Å². The van der Waals surface area contributed by atoms with E-state index in [2.05, 4.69) is 5.32 Å². The number of aromatic hydroxyl groups is 1.